The van der Waals surface area contributed by atoms with Crippen molar-refractivity contribution in [3.05, 3.63) is 93.5 Å². The first-order valence-electron chi connectivity index (χ1n) is 10.1. The maximum atomic E-state index is 13.2. The summed E-state index contributed by atoms with van der Waals surface area (Å²) in [6, 6.07) is 13.8. The van der Waals surface area contributed by atoms with Gasteiger partial charge in [-0.3, -0.25) is 23.7 Å². The zero-order valence-electron chi connectivity index (χ0n) is 17.4. The molecule has 0 unspecified atom stereocenters. The summed E-state index contributed by atoms with van der Waals surface area (Å²) in [6.07, 6.45) is 4.67. The van der Waals surface area contributed by atoms with E-state index < -0.39 is 17.2 Å². The van der Waals surface area contributed by atoms with Gasteiger partial charge in [-0.25, -0.2) is 9.78 Å². The normalized spacial score (nSPS) is 10.8. The van der Waals surface area contributed by atoms with Gasteiger partial charge in [0, 0.05) is 18.6 Å². The van der Waals surface area contributed by atoms with E-state index in [2.05, 4.69) is 15.3 Å². The number of hydrogen-bond donors (Lipinski definition) is 1. The Kier molecular flexibility index (Phi) is 6.07. The Hall–Kier alpha value is -4.27. The van der Waals surface area contributed by atoms with Gasteiger partial charge in [-0.05, 0) is 42.8 Å². The molecule has 3 aromatic heterocycles. The number of carbonyl (C=O) groups excluding carboxylic acids is 1. The van der Waals surface area contributed by atoms with Crippen molar-refractivity contribution in [3.63, 3.8) is 0 Å². The molecule has 0 radical (unpaired) electrons. The number of carbonyl (C=O) groups is 1. The van der Waals surface area contributed by atoms with Crippen LogP contribution in [0.15, 0.2) is 76.7 Å². The van der Waals surface area contributed by atoms with Crippen LogP contribution in [0.2, 0.25) is 0 Å². The van der Waals surface area contributed by atoms with E-state index in [-0.39, 0.29) is 24.1 Å². The second-order valence-corrected chi connectivity index (χ2v) is 6.97. The van der Waals surface area contributed by atoms with Crippen molar-refractivity contribution in [3.8, 4) is 5.75 Å². The largest absolute Gasteiger partial charge is 0.492 e. The van der Waals surface area contributed by atoms with Crippen LogP contribution in [-0.2, 0) is 17.9 Å². The fraction of sp³-hybridized carbons (Fsp3) is 0.174. The molecule has 9 heteroatoms. The van der Waals surface area contributed by atoms with Gasteiger partial charge in [0.2, 0.25) is 5.91 Å². The topological polar surface area (TPSA) is 108 Å². The number of ether oxygens (including phenoxy) is 1. The number of hydrogen-bond acceptors (Lipinski definition) is 6. The lowest BCUT2D eigenvalue weighted by atomic mass is 10.2. The van der Waals surface area contributed by atoms with Gasteiger partial charge < -0.3 is 10.1 Å². The Morgan fingerprint density at radius 3 is 2.62 bits per heavy atom. The quantitative estimate of drug-likeness (QED) is 0.480. The predicted molar refractivity (Wildman–Crippen MR) is 120 cm³/mol. The molecule has 0 bridgehead atoms. The van der Waals surface area contributed by atoms with Crippen LogP contribution in [0.25, 0.3) is 11.0 Å². The second-order valence-electron chi connectivity index (χ2n) is 6.97. The number of aromatic nitrogens is 4. The summed E-state index contributed by atoms with van der Waals surface area (Å²) in [6.45, 7) is 2.02. The first-order valence-corrected chi connectivity index (χ1v) is 10.1. The Bertz CT molecular complexity index is 1380. The smallest absolute Gasteiger partial charge is 0.332 e. The Morgan fingerprint density at radius 2 is 1.84 bits per heavy atom. The SMILES string of the molecule is CCOc1ccccc1NC(=O)Cn1c(=O)n(Cc2cccnc2)c(=O)c2ncccc21. The Balaban J connectivity index is 1.73. The summed E-state index contributed by atoms with van der Waals surface area (Å²) in [5.74, 6) is 0.0970. The first-order chi connectivity index (χ1) is 15.6. The molecule has 0 aliphatic carbocycles. The molecule has 9 nitrogen and oxygen atoms in total. The molecule has 0 aliphatic heterocycles. The summed E-state index contributed by atoms with van der Waals surface area (Å²) < 4.78 is 7.85. The molecular formula is C23H21N5O4. The fourth-order valence-corrected chi connectivity index (χ4v) is 3.39. The number of amides is 1. The molecular weight excluding hydrogens is 410 g/mol. The maximum absolute atomic E-state index is 13.2. The van der Waals surface area contributed by atoms with Crippen molar-refractivity contribution in [1.82, 2.24) is 19.1 Å². The summed E-state index contributed by atoms with van der Waals surface area (Å²) in [5, 5.41) is 2.78. The molecule has 0 saturated heterocycles. The van der Waals surface area contributed by atoms with Crippen LogP contribution in [-0.4, -0.2) is 31.6 Å². The van der Waals surface area contributed by atoms with Crippen LogP contribution in [0, 0.1) is 0 Å². The van der Waals surface area contributed by atoms with E-state index in [1.807, 2.05) is 6.92 Å². The highest BCUT2D eigenvalue weighted by atomic mass is 16.5. The molecule has 3 heterocycles. The van der Waals surface area contributed by atoms with Gasteiger partial charge in [-0.1, -0.05) is 18.2 Å². The molecule has 4 rings (SSSR count). The monoisotopic (exact) mass is 431 g/mol. The molecule has 32 heavy (non-hydrogen) atoms. The average Bonchev–Trinajstić information content (AvgIpc) is 2.81. The molecule has 0 fully saturated rings. The third-order valence-corrected chi connectivity index (χ3v) is 4.81. The lowest BCUT2D eigenvalue weighted by Crippen LogP contribution is -2.42. The van der Waals surface area contributed by atoms with Crippen LogP contribution < -0.4 is 21.3 Å². The van der Waals surface area contributed by atoms with Crippen molar-refractivity contribution >= 4 is 22.6 Å². The highest BCUT2D eigenvalue weighted by Gasteiger charge is 2.17. The van der Waals surface area contributed by atoms with E-state index >= 15 is 0 Å². The number of para-hydroxylation sites is 2. The average molecular weight is 431 g/mol. The van der Waals surface area contributed by atoms with E-state index in [9.17, 15) is 14.4 Å². The van der Waals surface area contributed by atoms with Crippen LogP contribution in [0.5, 0.6) is 5.75 Å². The summed E-state index contributed by atoms with van der Waals surface area (Å²) in [5.41, 5.74) is 0.458. The van der Waals surface area contributed by atoms with Crippen LogP contribution in [0.4, 0.5) is 5.69 Å². The highest BCUT2D eigenvalue weighted by molar-refractivity contribution is 5.92. The van der Waals surface area contributed by atoms with Crippen molar-refractivity contribution < 1.29 is 9.53 Å². The number of nitrogens with one attached hydrogen (secondary N) is 1. The second kappa shape index (κ2) is 9.25. The van der Waals surface area contributed by atoms with Gasteiger partial charge in [-0.15, -0.1) is 0 Å². The van der Waals surface area contributed by atoms with Gasteiger partial charge in [-0.2, -0.15) is 0 Å². The summed E-state index contributed by atoms with van der Waals surface area (Å²) in [7, 11) is 0. The van der Waals surface area contributed by atoms with E-state index in [0.29, 0.717) is 23.6 Å². The van der Waals surface area contributed by atoms with Crippen molar-refractivity contribution in [2.75, 3.05) is 11.9 Å². The molecule has 1 N–H and O–H groups in total. The number of pyridine rings is 2. The third kappa shape index (κ3) is 4.27. The number of benzene rings is 1. The maximum Gasteiger partial charge on any atom is 0.332 e. The molecule has 0 spiro atoms. The minimum Gasteiger partial charge on any atom is -0.492 e. The molecule has 4 aromatic rings. The van der Waals surface area contributed by atoms with Crippen molar-refractivity contribution in [2.45, 2.75) is 20.0 Å². The minimum absolute atomic E-state index is 0.0206. The van der Waals surface area contributed by atoms with Gasteiger partial charge in [0.1, 0.15) is 12.3 Å². The van der Waals surface area contributed by atoms with Gasteiger partial charge in [0.15, 0.2) is 5.52 Å². The Morgan fingerprint density at radius 1 is 1.03 bits per heavy atom. The lowest BCUT2D eigenvalue weighted by Gasteiger charge is -2.15. The standard InChI is InChI=1S/C23H21N5O4/c1-2-32-19-10-4-3-8-17(19)26-20(29)15-27-18-9-6-12-25-21(18)22(30)28(23(27)31)14-16-7-5-11-24-13-16/h3-13H,2,14-15H2,1H3,(H,26,29). The van der Waals surface area contributed by atoms with Crippen molar-refractivity contribution in [1.29, 1.82) is 0 Å². The number of rotatable bonds is 7. The van der Waals surface area contributed by atoms with Crippen LogP contribution >= 0.6 is 0 Å². The molecule has 0 saturated carbocycles. The van der Waals surface area contributed by atoms with Gasteiger partial charge in [0.25, 0.3) is 5.56 Å². The first kappa shape index (κ1) is 21.0. The van der Waals surface area contributed by atoms with Crippen LogP contribution in [0.1, 0.15) is 12.5 Å². The predicted octanol–water partition coefficient (Wildman–Crippen LogP) is 2.04. The van der Waals surface area contributed by atoms with Gasteiger partial charge >= 0.3 is 5.69 Å². The lowest BCUT2D eigenvalue weighted by molar-refractivity contribution is -0.116. The fourth-order valence-electron chi connectivity index (χ4n) is 3.39. The van der Waals surface area contributed by atoms with Gasteiger partial charge in [0.05, 0.1) is 24.4 Å². The number of fused-ring (bicyclic) bond motifs is 1. The molecule has 1 amide bonds. The molecule has 1 aromatic carbocycles. The number of nitrogens with zero attached hydrogens (tertiary/aromatic N) is 4. The van der Waals surface area contributed by atoms with Crippen molar-refractivity contribution in [2.24, 2.45) is 0 Å². The molecule has 162 valence electrons. The molecule has 0 atom stereocenters. The zero-order chi connectivity index (χ0) is 22.5. The summed E-state index contributed by atoms with van der Waals surface area (Å²) in [4.78, 5) is 47.2. The highest BCUT2D eigenvalue weighted by Crippen LogP contribution is 2.23. The molecule has 0 aliphatic rings. The Labute approximate surface area is 182 Å². The third-order valence-electron chi connectivity index (χ3n) is 4.81. The number of anilines is 1. The van der Waals surface area contributed by atoms with E-state index in [4.69, 9.17) is 4.74 Å². The van der Waals surface area contributed by atoms with Crippen LogP contribution in [0.3, 0.4) is 0 Å². The zero-order valence-corrected chi connectivity index (χ0v) is 17.4. The van der Waals surface area contributed by atoms with E-state index in [0.717, 1.165) is 4.57 Å². The van der Waals surface area contributed by atoms with E-state index in [1.54, 1.807) is 60.9 Å². The van der Waals surface area contributed by atoms with E-state index in [1.165, 1.54) is 10.8 Å². The summed E-state index contributed by atoms with van der Waals surface area (Å²) >= 11 is 0. The minimum atomic E-state index is -0.604.